The lowest BCUT2D eigenvalue weighted by Crippen LogP contribution is -2.71. The van der Waals surface area contributed by atoms with Gasteiger partial charge in [-0.2, -0.15) is 0 Å². The van der Waals surface area contributed by atoms with E-state index < -0.39 is 47.0 Å². The molecule has 0 bridgehead atoms. The summed E-state index contributed by atoms with van der Waals surface area (Å²) in [5.41, 5.74) is 7.16. The Labute approximate surface area is 259 Å². The third-order valence-corrected chi connectivity index (χ3v) is 8.92. The molecule has 0 saturated carbocycles. The third-order valence-electron chi connectivity index (χ3n) is 6.50. The Morgan fingerprint density at radius 1 is 1.40 bits per heavy atom. The summed E-state index contributed by atoms with van der Waals surface area (Å²) in [6, 6.07) is 0.772. The number of anilines is 2. The van der Waals surface area contributed by atoms with Gasteiger partial charge in [0.1, 0.15) is 21.4 Å². The van der Waals surface area contributed by atoms with Gasteiger partial charge < -0.3 is 41.5 Å². The number of hydrogen-bond donors (Lipinski definition) is 5. The number of carboxylic acid groups (broad SMARTS) is 2. The van der Waals surface area contributed by atoms with Crippen molar-refractivity contribution in [1.82, 2.24) is 20.5 Å². The minimum Gasteiger partial charge on any atom is -0.543 e. The number of rotatable bonds is 13. The number of nitrogens with one attached hydrogen (secondary N) is 3. The number of thiazole rings is 1. The monoisotopic (exact) mass is 652 g/mol. The summed E-state index contributed by atoms with van der Waals surface area (Å²) < 4.78 is 1.82. The van der Waals surface area contributed by atoms with E-state index in [1.807, 2.05) is 37.0 Å². The molecule has 0 spiro atoms. The van der Waals surface area contributed by atoms with Crippen molar-refractivity contribution in [3.63, 3.8) is 0 Å². The predicted molar refractivity (Wildman–Crippen MR) is 157 cm³/mol. The molecule has 43 heavy (non-hydrogen) atoms. The van der Waals surface area contributed by atoms with Gasteiger partial charge in [0.2, 0.25) is 6.10 Å². The Hall–Kier alpha value is -3.93. The normalized spacial score (nSPS) is 18.9. The summed E-state index contributed by atoms with van der Waals surface area (Å²) >= 11 is 8.28. The first-order valence-corrected chi connectivity index (χ1v) is 15.1. The molecular weight excluding hydrogens is 624 g/mol. The van der Waals surface area contributed by atoms with Crippen LogP contribution in [0.3, 0.4) is 0 Å². The van der Waals surface area contributed by atoms with Crippen LogP contribution in [-0.4, -0.2) is 87.9 Å². The minimum atomic E-state index is -1.51. The fraction of sp³-hybridized carbons (Fsp3) is 0.400. The zero-order valence-electron chi connectivity index (χ0n) is 23.2. The first-order valence-electron chi connectivity index (χ1n) is 12.9. The smallest absolute Gasteiger partial charge is 0.347 e. The Kier molecular flexibility index (Phi) is 10.1. The molecule has 2 aliphatic rings. The fourth-order valence-electron chi connectivity index (χ4n) is 4.34. The van der Waals surface area contributed by atoms with Crippen LogP contribution < -0.4 is 31.4 Å². The third kappa shape index (κ3) is 7.01. The molecule has 2 amide bonds. The maximum Gasteiger partial charge on any atom is 0.347 e. The van der Waals surface area contributed by atoms with Crippen molar-refractivity contribution in [2.45, 2.75) is 37.9 Å². The van der Waals surface area contributed by atoms with E-state index in [-0.39, 0.29) is 33.2 Å². The number of aliphatic carboxylic acids is 2. The number of aromatic nitrogens is 2. The Balaban J connectivity index is 1.52. The molecule has 1 saturated heterocycles. The number of nitrogens with two attached hydrogens (primary N) is 1. The lowest BCUT2D eigenvalue weighted by atomic mass is 10.0. The summed E-state index contributed by atoms with van der Waals surface area (Å²) in [5, 5.41) is 33.1. The molecule has 4 heterocycles. The lowest BCUT2D eigenvalue weighted by Gasteiger charge is -2.50. The molecule has 18 heteroatoms. The summed E-state index contributed by atoms with van der Waals surface area (Å²) in [4.78, 5) is 59.8. The van der Waals surface area contributed by atoms with E-state index in [1.54, 1.807) is 0 Å². The van der Waals surface area contributed by atoms with Crippen molar-refractivity contribution in [2.75, 3.05) is 36.9 Å². The summed E-state index contributed by atoms with van der Waals surface area (Å²) in [7, 11) is 1.86. The van der Waals surface area contributed by atoms with Gasteiger partial charge in [-0.3, -0.25) is 14.5 Å². The van der Waals surface area contributed by atoms with E-state index in [0.717, 1.165) is 40.6 Å². The Morgan fingerprint density at radius 2 is 2.14 bits per heavy atom. The van der Waals surface area contributed by atoms with Crippen LogP contribution in [-0.2, 0) is 30.6 Å². The van der Waals surface area contributed by atoms with E-state index in [1.165, 1.54) is 18.7 Å². The van der Waals surface area contributed by atoms with E-state index in [4.69, 9.17) is 27.3 Å². The van der Waals surface area contributed by atoms with Crippen LogP contribution in [0.15, 0.2) is 34.9 Å². The van der Waals surface area contributed by atoms with Gasteiger partial charge in [0, 0.05) is 41.7 Å². The first-order chi connectivity index (χ1) is 20.4. The fourth-order valence-corrected chi connectivity index (χ4v) is 6.60. The first kappa shape index (κ1) is 32.0. The number of thioether (sulfide) groups is 1. The number of carboxylic acids is 2. The van der Waals surface area contributed by atoms with Crippen molar-refractivity contribution in [2.24, 2.45) is 5.16 Å². The highest BCUT2D eigenvalue weighted by molar-refractivity contribution is 8.00. The molecule has 4 rings (SSSR count). The molecule has 3 atom stereocenters. The zero-order valence-corrected chi connectivity index (χ0v) is 25.6. The van der Waals surface area contributed by atoms with Gasteiger partial charge in [-0.05, 0) is 20.9 Å². The molecular formula is C25H29ClN8O7S2. The lowest BCUT2D eigenvalue weighted by molar-refractivity contribution is -0.689. The average molecular weight is 653 g/mol. The average Bonchev–Trinajstić information content (AvgIpc) is 3.29. The summed E-state index contributed by atoms with van der Waals surface area (Å²) in [6.45, 7) is 4.87. The predicted octanol–water partition coefficient (Wildman–Crippen LogP) is -1.10. The summed E-state index contributed by atoms with van der Waals surface area (Å²) in [6.07, 6.45) is 2.29. The van der Waals surface area contributed by atoms with Crippen molar-refractivity contribution in [3.05, 3.63) is 45.3 Å². The molecule has 230 valence electrons. The maximum atomic E-state index is 13.2. The number of aryl methyl sites for hydroxylation is 1. The van der Waals surface area contributed by atoms with Crippen LogP contribution >= 0.6 is 34.7 Å². The molecule has 2 aromatic heterocycles. The van der Waals surface area contributed by atoms with E-state index in [2.05, 4.69) is 26.1 Å². The number of carbonyl (C=O) groups excluding carboxylic acids is 3. The highest BCUT2D eigenvalue weighted by Crippen LogP contribution is 2.40. The van der Waals surface area contributed by atoms with E-state index in [9.17, 15) is 24.3 Å². The van der Waals surface area contributed by atoms with Crippen LogP contribution in [0.1, 0.15) is 18.2 Å². The van der Waals surface area contributed by atoms with Gasteiger partial charge in [-0.25, -0.2) is 14.3 Å². The highest BCUT2D eigenvalue weighted by Gasteiger charge is 2.53. The molecule has 2 aromatic rings. The minimum absolute atomic E-state index is 0.00656. The van der Waals surface area contributed by atoms with Gasteiger partial charge in [-0.1, -0.05) is 28.1 Å². The number of pyridine rings is 1. The van der Waals surface area contributed by atoms with Crippen LogP contribution in [0.25, 0.3) is 0 Å². The number of likely N-dealkylation sites (N-methyl/N-ethyl adjacent to an activating group) is 1. The maximum absolute atomic E-state index is 13.2. The number of nitrogens with zero attached hydrogens (tertiary/aromatic N) is 4. The van der Waals surface area contributed by atoms with Crippen molar-refractivity contribution < 1.29 is 38.8 Å². The van der Waals surface area contributed by atoms with Gasteiger partial charge >= 0.3 is 5.97 Å². The van der Waals surface area contributed by atoms with Gasteiger partial charge in [0.25, 0.3) is 11.8 Å². The number of carbonyl (C=O) groups is 4. The van der Waals surface area contributed by atoms with E-state index >= 15 is 0 Å². The number of β-lactam (4-membered cyclic amide) rings is 1. The standard InChI is InChI=1S/C25H29ClN8O7S2/c1-11-8-33(7-4-14(11)29-6-5-28-3)9-13-10-42-22-17(21(36)34(22)18(13)24(39)40)30-20(35)16(32-41-12(2)23(37)38)15-19(26)43-25(27)31-15/h4,7-8,12,17,22,28H,5-6,9-10H2,1-3H3,(H5,27,30,31,35,37,38,39,40)/b32-16-/t12-,17?,22?/m0/s1. The molecule has 2 unspecified atom stereocenters. The van der Waals surface area contributed by atoms with Gasteiger partial charge in [-0.15, -0.1) is 11.8 Å². The molecule has 6 N–H and O–H groups in total. The number of amides is 2. The number of halogens is 1. The number of hydrogen-bond acceptors (Lipinski definition) is 13. The van der Waals surface area contributed by atoms with Gasteiger partial charge in [0.15, 0.2) is 29.8 Å². The van der Waals surface area contributed by atoms with Crippen LogP contribution in [0.4, 0.5) is 10.8 Å². The number of fused-ring (bicyclic) bond motifs is 1. The topological polar surface area (TPSA) is 215 Å². The second-order valence-corrected chi connectivity index (χ2v) is 12.3. The number of nitrogen functional groups attached to an aromatic ring is 1. The molecule has 2 aliphatic heterocycles. The highest BCUT2D eigenvalue weighted by atomic mass is 35.5. The largest absolute Gasteiger partial charge is 0.543 e. The van der Waals surface area contributed by atoms with Gasteiger partial charge in [0.05, 0.1) is 11.7 Å². The zero-order chi connectivity index (χ0) is 31.4. The SMILES string of the molecule is CNCCNc1cc[n+](CC2=C(C(=O)[O-])N3C(=O)C(NC(=O)/C(=N\O[C@@H](C)C(=O)O)c4nc(N)sc4Cl)C3SC2)cc1C. The number of oxime groups is 1. The van der Waals surface area contributed by atoms with Crippen molar-refractivity contribution in [3.8, 4) is 0 Å². The molecule has 0 aromatic carbocycles. The van der Waals surface area contributed by atoms with Crippen molar-refractivity contribution in [1.29, 1.82) is 0 Å². The van der Waals surface area contributed by atoms with Crippen LogP contribution in [0, 0.1) is 6.92 Å². The van der Waals surface area contributed by atoms with Crippen LogP contribution in [0.2, 0.25) is 4.34 Å². The molecule has 15 nitrogen and oxygen atoms in total. The quantitative estimate of drug-likeness (QED) is 0.0573. The molecule has 1 fully saturated rings. The van der Waals surface area contributed by atoms with E-state index in [0.29, 0.717) is 5.57 Å². The van der Waals surface area contributed by atoms with Crippen molar-refractivity contribution >= 4 is 75.0 Å². The second kappa shape index (κ2) is 13.6. The molecule has 0 aliphatic carbocycles. The Bertz CT molecular complexity index is 1510. The summed E-state index contributed by atoms with van der Waals surface area (Å²) in [5.74, 6) is -4.20. The second-order valence-electron chi connectivity index (χ2n) is 9.54. The molecule has 0 radical (unpaired) electrons. The van der Waals surface area contributed by atoms with Crippen LogP contribution in [0.5, 0.6) is 0 Å². The Morgan fingerprint density at radius 3 is 2.74 bits per heavy atom.